The first-order valence-corrected chi connectivity index (χ1v) is 8.45. The van der Waals surface area contributed by atoms with E-state index < -0.39 is 0 Å². The SMILES string of the molecule is CCOC(=O)[C@@H]1CNCC[C@H]1CC(N)c1ccc(OC)c(OC)c1. The Morgan fingerprint density at radius 2 is 2.08 bits per heavy atom. The predicted molar refractivity (Wildman–Crippen MR) is 92.2 cm³/mol. The number of nitrogens with two attached hydrogens (primary N) is 1. The summed E-state index contributed by atoms with van der Waals surface area (Å²) in [4.78, 5) is 12.2. The Labute approximate surface area is 143 Å². The summed E-state index contributed by atoms with van der Waals surface area (Å²) in [5.41, 5.74) is 7.39. The standard InChI is InChI=1S/C18H28N2O4/c1-4-24-18(21)14-11-20-8-7-12(14)9-15(19)13-5-6-16(22-2)17(10-13)23-3/h5-6,10,12,14-15,20H,4,7-9,11,19H2,1-3H3/t12-,14+,15?/m0/s1. The highest BCUT2D eigenvalue weighted by Gasteiger charge is 2.33. The van der Waals surface area contributed by atoms with E-state index in [1.165, 1.54) is 0 Å². The van der Waals surface area contributed by atoms with Gasteiger partial charge >= 0.3 is 5.97 Å². The Bertz CT molecular complexity index is 550. The van der Waals surface area contributed by atoms with E-state index in [2.05, 4.69) is 5.32 Å². The molecule has 1 aromatic carbocycles. The predicted octanol–water partition coefficient (Wildman–Crippen LogP) is 1.88. The van der Waals surface area contributed by atoms with Gasteiger partial charge in [-0.2, -0.15) is 0 Å². The minimum atomic E-state index is -0.162. The first-order valence-electron chi connectivity index (χ1n) is 8.45. The second kappa shape index (κ2) is 8.89. The molecular weight excluding hydrogens is 308 g/mol. The van der Waals surface area contributed by atoms with Gasteiger partial charge in [-0.15, -0.1) is 0 Å². The molecule has 0 aliphatic carbocycles. The van der Waals surface area contributed by atoms with Gasteiger partial charge in [0, 0.05) is 12.6 Å². The first kappa shape index (κ1) is 18.5. The fourth-order valence-electron chi connectivity index (χ4n) is 3.27. The van der Waals surface area contributed by atoms with Crippen molar-refractivity contribution in [1.82, 2.24) is 5.32 Å². The van der Waals surface area contributed by atoms with E-state index in [1.807, 2.05) is 25.1 Å². The minimum Gasteiger partial charge on any atom is -0.493 e. The zero-order chi connectivity index (χ0) is 17.5. The summed E-state index contributed by atoms with van der Waals surface area (Å²) >= 11 is 0. The number of rotatable bonds is 7. The van der Waals surface area contributed by atoms with Gasteiger partial charge in [0.1, 0.15) is 0 Å². The third-order valence-electron chi connectivity index (χ3n) is 4.61. The molecule has 6 heteroatoms. The van der Waals surface area contributed by atoms with Crippen molar-refractivity contribution in [2.75, 3.05) is 33.9 Å². The Balaban J connectivity index is 2.09. The molecule has 0 spiro atoms. The molecule has 3 N–H and O–H groups in total. The van der Waals surface area contributed by atoms with E-state index in [4.69, 9.17) is 19.9 Å². The third kappa shape index (κ3) is 4.39. The Morgan fingerprint density at radius 1 is 1.33 bits per heavy atom. The van der Waals surface area contributed by atoms with Gasteiger partial charge in [0.05, 0.1) is 26.7 Å². The number of ether oxygens (including phenoxy) is 3. The highest BCUT2D eigenvalue weighted by Crippen LogP contribution is 2.34. The number of methoxy groups -OCH3 is 2. The summed E-state index contributed by atoms with van der Waals surface area (Å²) in [6.45, 7) is 3.80. The van der Waals surface area contributed by atoms with Gasteiger partial charge < -0.3 is 25.3 Å². The van der Waals surface area contributed by atoms with Crippen LogP contribution in [-0.4, -0.2) is 39.9 Å². The summed E-state index contributed by atoms with van der Waals surface area (Å²) in [7, 11) is 3.22. The maximum Gasteiger partial charge on any atom is 0.310 e. The van der Waals surface area contributed by atoms with E-state index in [0.717, 1.165) is 24.9 Å². The van der Waals surface area contributed by atoms with Gasteiger partial charge in [-0.05, 0) is 49.9 Å². The number of hydrogen-bond donors (Lipinski definition) is 2. The molecule has 3 atom stereocenters. The van der Waals surface area contributed by atoms with Crippen molar-refractivity contribution < 1.29 is 19.0 Å². The number of carbonyl (C=O) groups excluding carboxylic acids is 1. The minimum absolute atomic E-state index is 0.130. The lowest BCUT2D eigenvalue weighted by atomic mass is 9.81. The van der Waals surface area contributed by atoms with Crippen molar-refractivity contribution >= 4 is 5.97 Å². The van der Waals surface area contributed by atoms with Crippen LogP contribution in [0.4, 0.5) is 0 Å². The van der Waals surface area contributed by atoms with Gasteiger partial charge in [0.15, 0.2) is 11.5 Å². The molecule has 1 aliphatic rings. The zero-order valence-corrected chi connectivity index (χ0v) is 14.7. The number of carbonyl (C=O) groups is 1. The van der Waals surface area contributed by atoms with E-state index in [9.17, 15) is 4.79 Å². The summed E-state index contributed by atoms with van der Waals surface area (Å²) in [5.74, 6) is 1.30. The van der Waals surface area contributed by atoms with Crippen molar-refractivity contribution in [1.29, 1.82) is 0 Å². The Kier molecular flexibility index (Phi) is 6.87. The maximum absolute atomic E-state index is 12.2. The molecule has 134 valence electrons. The number of benzene rings is 1. The number of hydrogen-bond acceptors (Lipinski definition) is 6. The summed E-state index contributed by atoms with van der Waals surface area (Å²) in [6.07, 6.45) is 1.66. The van der Waals surface area contributed by atoms with Gasteiger partial charge in [0.25, 0.3) is 0 Å². The second-order valence-corrected chi connectivity index (χ2v) is 6.07. The Morgan fingerprint density at radius 3 is 2.75 bits per heavy atom. The van der Waals surface area contributed by atoms with Gasteiger partial charge in [-0.3, -0.25) is 4.79 Å². The molecule has 0 radical (unpaired) electrons. The molecule has 0 aromatic heterocycles. The van der Waals surface area contributed by atoms with Crippen LogP contribution in [0.3, 0.4) is 0 Å². The highest BCUT2D eigenvalue weighted by atomic mass is 16.5. The number of nitrogens with one attached hydrogen (secondary N) is 1. The van der Waals surface area contributed by atoms with Crippen LogP contribution in [0.15, 0.2) is 18.2 Å². The van der Waals surface area contributed by atoms with Crippen molar-refractivity contribution in [3.8, 4) is 11.5 Å². The largest absolute Gasteiger partial charge is 0.493 e. The Hall–Kier alpha value is -1.79. The lowest BCUT2D eigenvalue weighted by Crippen LogP contribution is -2.42. The van der Waals surface area contributed by atoms with Crippen LogP contribution in [0.2, 0.25) is 0 Å². The fourth-order valence-corrected chi connectivity index (χ4v) is 3.27. The summed E-state index contributed by atoms with van der Waals surface area (Å²) < 4.78 is 15.8. The van der Waals surface area contributed by atoms with Crippen molar-refractivity contribution in [2.45, 2.75) is 25.8 Å². The van der Waals surface area contributed by atoms with Crippen LogP contribution in [0.5, 0.6) is 11.5 Å². The topological polar surface area (TPSA) is 82.8 Å². The fraction of sp³-hybridized carbons (Fsp3) is 0.611. The van der Waals surface area contributed by atoms with Crippen LogP contribution in [0.1, 0.15) is 31.4 Å². The number of esters is 1. The average molecular weight is 336 g/mol. The molecule has 1 heterocycles. The monoisotopic (exact) mass is 336 g/mol. The molecule has 1 aromatic rings. The molecule has 6 nitrogen and oxygen atoms in total. The molecule has 0 bridgehead atoms. The molecule has 0 saturated carbocycles. The van der Waals surface area contributed by atoms with Gasteiger partial charge in [0.2, 0.25) is 0 Å². The van der Waals surface area contributed by atoms with E-state index in [0.29, 0.717) is 24.7 Å². The second-order valence-electron chi connectivity index (χ2n) is 6.07. The smallest absolute Gasteiger partial charge is 0.310 e. The number of piperidine rings is 1. The first-order chi connectivity index (χ1) is 11.6. The van der Waals surface area contributed by atoms with Crippen LogP contribution in [0.25, 0.3) is 0 Å². The lowest BCUT2D eigenvalue weighted by Gasteiger charge is -2.32. The normalized spacial score (nSPS) is 21.8. The van der Waals surface area contributed by atoms with Crippen LogP contribution in [-0.2, 0) is 9.53 Å². The quantitative estimate of drug-likeness (QED) is 0.740. The average Bonchev–Trinajstić information content (AvgIpc) is 2.61. The highest BCUT2D eigenvalue weighted by molar-refractivity contribution is 5.73. The molecular formula is C18H28N2O4. The van der Waals surface area contributed by atoms with E-state index in [-0.39, 0.29) is 23.8 Å². The van der Waals surface area contributed by atoms with Crippen LogP contribution in [0, 0.1) is 11.8 Å². The van der Waals surface area contributed by atoms with E-state index >= 15 is 0 Å². The molecule has 1 unspecified atom stereocenters. The van der Waals surface area contributed by atoms with E-state index in [1.54, 1.807) is 14.2 Å². The molecule has 2 rings (SSSR count). The molecule has 1 fully saturated rings. The molecule has 24 heavy (non-hydrogen) atoms. The van der Waals surface area contributed by atoms with Gasteiger partial charge in [-0.25, -0.2) is 0 Å². The molecule has 0 amide bonds. The summed E-state index contributed by atoms with van der Waals surface area (Å²) in [6, 6.07) is 5.56. The van der Waals surface area contributed by atoms with Gasteiger partial charge in [-0.1, -0.05) is 6.07 Å². The zero-order valence-electron chi connectivity index (χ0n) is 14.7. The van der Waals surface area contributed by atoms with Crippen molar-refractivity contribution in [3.05, 3.63) is 23.8 Å². The van der Waals surface area contributed by atoms with Crippen molar-refractivity contribution in [2.24, 2.45) is 17.6 Å². The maximum atomic E-state index is 12.2. The summed E-state index contributed by atoms with van der Waals surface area (Å²) in [5, 5.41) is 3.27. The molecule has 1 saturated heterocycles. The van der Waals surface area contributed by atoms with Crippen molar-refractivity contribution in [3.63, 3.8) is 0 Å². The third-order valence-corrected chi connectivity index (χ3v) is 4.61. The molecule has 1 aliphatic heterocycles. The lowest BCUT2D eigenvalue weighted by molar-refractivity contribution is -0.150. The van der Waals surface area contributed by atoms with Crippen LogP contribution < -0.4 is 20.5 Å². The van der Waals surface area contributed by atoms with Crippen LogP contribution >= 0.6 is 0 Å².